The molecule has 1 heterocycles. The lowest BCUT2D eigenvalue weighted by atomic mass is 9.80. The van der Waals surface area contributed by atoms with Crippen LogP contribution in [0.15, 0.2) is 5.38 Å². The molecule has 2 nitrogen and oxygen atoms in total. The standard InChI is InChI=1S/C14H22N2S/c1-13(2)8-10(13)12-16-11(9-17-12)14(15)6-4-3-5-7-14/h9-10H,3-8,15H2,1-2H3. The Morgan fingerprint density at radius 3 is 2.53 bits per heavy atom. The molecule has 0 radical (unpaired) electrons. The summed E-state index contributed by atoms with van der Waals surface area (Å²) in [6.07, 6.45) is 7.38. The summed E-state index contributed by atoms with van der Waals surface area (Å²) in [5, 5.41) is 3.54. The van der Waals surface area contributed by atoms with E-state index in [9.17, 15) is 0 Å². The Balaban J connectivity index is 1.80. The average molecular weight is 250 g/mol. The summed E-state index contributed by atoms with van der Waals surface area (Å²) in [7, 11) is 0. The van der Waals surface area contributed by atoms with Crippen LogP contribution in [0.5, 0.6) is 0 Å². The number of thiazole rings is 1. The Bertz CT molecular complexity index is 416. The third kappa shape index (κ3) is 2.04. The predicted molar refractivity (Wildman–Crippen MR) is 72.2 cm³/mol. The Morgan fingerprint density at radius 1 is 1.29 bits per heavy atom. The van der Waals surface area contributed by atoms with E-state index in [1.807, 2.05) is 11.3 Å². The first-order valence-corrected chi connectivity index (χ1v) is 7.64. The number of hydrogen-bond donors (Lipinski definition) is 1. The van der Waals surface area contributed by atoms with E-state index >= 15 is 0 Å². The summed E-state index contributed by atoms with van der Waals surface area (Å²) >= 11 is 1.82. The number of rotatable bonds is 2. The topological polar surface area (TPSA) is 38.9 Å². The van der Waals surface area contributed by atoms with Crippen molar-refractivity contribution in [1.29, 1.82) is 0 Å². The second-order valence-electron chi connectivity index (χ2n) is 6.53. The molecule has 0 aromatic carbocycles. The number of nitrogens with zero attached hydrogens (tertiary/aromatic N) is 1. The smallest absolute Gasteiger partial charge is 0.0965 e. The van der Waals surface area contributed by atoms with Crippen LogP contribution in [0.25, 0.3) is 0 Å². The minimum Gasteiger partial charge on any atom is -0.320 e. The highest BCUT2D eigenvalue weighted by atomic mass is 32.1. The Morgan fingerprint density at radius 2 is 1.94 bits per heavy atom. The Labute approximate surface area is 108 Å². The highest BCUT2D eigenvalue weighted by molar-refractivity contribution is 7.09. The molecule has 3 rings (SSSR count). The van der Waals surface area contributed by atoms with Crippen molar-refractivity contribution in [3.8, 4) is 0 Å². The van der Waals surface area contributed by atoms with Crippen molar-refractivity contribution >= 4 is 11.3 Å². The molecule has 0 spiro atoms. The molecule has 2 aliphatic carbocycles. The van der Waals surface area contributed by atoms with E-state index in [1.165, 1.54) is 36.4 Å². The average Bonchev–Trinajstić information content (AvgIpc) is 2.76. The number of hydrogen-bond acceptors (Lipinski definition) is 3. The lowest BCUT2D eigenvalue weighted by Crippen LogP contribution is -2.38. The molecule has 2 fully saturated rings. The van der Waals surface area contributed by atoms with Gasteiger partial charge < -0.3 is 5.73 Å². The van der Waals surface area contributed by atoms with Gasteiger partial charge in [-0.05, 0) is 24.7 Å². The van der Waals surface area contributed by atoms with E-state index in [2.05, 4.69) is 19.2 Å². The SMILES string of the molecule is CC1(C)CC1c1nc(C2(N)CCCCC2)cs1. The van der Waals surface area contributed by atoms with Crippen molar-refractivity contribution in [2.24, 2.45) is 11.1 Å². The van der Waals surface area contributed by atoms with Gasteiger partial charge in [-0.15, -0.1) is 11.3 Å². The molecule has 3 heteroatoms. The molecule has 1 unspecified atom stereocenters. The van der Waals surface area contributed by atoms with Crippen molar-refractivity contribution in [3.63, 3.8) is 0 Å². The van der Waals surface area contributed by atoms with Crippen LogP contribution in [0.3, 0.4) is 0 Å². The molecule has 2 aliphatic rings. The van der Waals surface area contributed by atoms with Gasteiger partial charge in [-0.3, -0.25) is 0 Å². The van der Waals surface area contributed by atoms with Crippen LogP contribution < -0.4 is 5.73 Å². The molecule has 0 amide bonds. The zero-order valence-corrected chi connectivity index (χ0v) is 11.6. The maximum absolute atomic E-state index is 6.53. The first-order chi connectivity index (χ1) is 8.01. The lowest BCUT2D eigenvalue weighted by Gasteiger charge is -2.31. The third-order valence-corrected chi connectivity index (χ3v) is 5.55. The molecule has 1 aromatic rings. The molecular formula is C14H22N2S. The third-order valence-electron chi connectivity index (χ3n) is 4.59. The lowest BCUT2D eigenvalue weighted by molar-refractivity contribution is 0.296. The van der Waals surface area contributed by atoms with Gasteiger partial charge in [0.05, 0.1) is 16.2 Å². The van der Waals surface area contributed by atoms with Gasteiger partial charge in [0.15, 0.2) is 0 Å². The first-order valence-electron chi connectivity index (χ1n) is 6.76. The van der Waals surface area contributed by atoms with Gasteiger partial charge in [-0.25, -0.2) is 4.98 Å². The molecule has 1 atom stereocenters. The van der Waals surface area contributed by atoms with Gasteiger partial charge in [0.2, 0.25) is 0 Å². The van der Waals surface area contributed by atoms with Crippen LogP contribution in [0, 0.1) is 5.41 Å². The van der Waals surface area contributed by atoms with Gasteiger partial charge >= 0.3 is 0 Å². The number of nitrogens with two attached hydrogens (primary N) is 1. The summed E-state index contributed by atoms with van der Waals surface area (Å²) in [4.78, 5) is 4.86. The second-order valence-corrected chi connectivity index (χ2v) is 7.42. The summed E-state index contributed by atoms with van der Waals surface area (Å²) in [6.45, 7) is 4.66. The summed E-state index contributed by atoms with van der Waals surface area (Å²) in [5.74, 6) is 0.688. The molecular weight excluding hydrogens is 228 g/mol. The van der Waals surface area contributed by atoms with E-state index in [4.69, 9.17) is 10.7 Å². The van der Waals surface area contributed by atoms with E-state index in [0.717, 1.165) is 12.8 Å². The van der Waals surface area contributed by atoms with Gasteiger partial charge in [0.1, 0.15) is 0 Å². The highest BCUT2D eigenvalue weighted by Gasteiger charge is 2.48. The van der Waals surface area contributed by atoms with Crippen LogP contribution in [0.1, 0.15) is 69.0 Å². The molecule has 2 saturated carbocycles. The van der Waals surface area contributed by atoms with Crippen LogP contribution in [0.4, 0.5) is 0 Å². The van der Waals surface area contributed by atoms with Gasteiger partial charge in [0.25, 0.3) is 0 Å². The zero-order chi connectivity index (χ0) is 12.1. The maximum Gasteiger partial charge on any atom is 0.0965 e. The van der Waals surface area contributed by atoms with Crippen molar-refractivity contribution in [3.05, 3.63) is 16.1 Å². The second kappa shape index (κ2) is 3.79. The minimum absolute atomic E-state index is 0.119. The fourth-order valence-corrected chi connectivity index (χ4v) is 4.24. The predicted octanol–water partition coefficient (Wildman–Crippen LogP) is 3.77. The molecule has 17 heavy (non-hydrogen) atoms. The normalized spacial score (nSPS) is 30.2. The monoisotopic (exact) mass is 250 g/mol. The van der Waals surface area contributed by atoms with Crippen LogP contribution >= 0.6 is 11.3 Å². The molecule has 0 bridgehead atoms. The fraction of sp³-hybridized carbons (Fsp3) is 0.786. The van der Waals surface area contributed by atoms with Gasteiger partial charge in [0, 0.05) is 11.3 Å². The van der Waals surface area contributed by atoms with Crippen LogP contribution in [-0.2, 0) is 5.54 Å². The summed E-state index contributed by atoms with van der Waals surface area (Å²) in [5.41, 5.74) is 8.05. The Hall–Kier alpha value is -0.410. The maximum atomic E-state index is 6.53. The summed E-state index contributed by atoms with van der Waals surface area (Å²) in [6, 6.07) is 0. The molecule has 94 valence electrons. The largest absolute Gasteiger partial charge is 0.320 e. The van der Waals surface area contributed by atoms with Crippen molar-refractivity contribution in [2.45, 2.75) is 63.8 Å². The van der Waals surface area contributed by atoms with Crippen molar-refractivity contribution in [1.82, 2.24) is 4.98 Å². The van der Waals surface area contributed by atoms with Gasteiger partial charge in [-0.1, -0.05) is 33.1 Å². The molecule has 0 aliphatic heterocycles. The fourth-order valence-electron chi connectivity index (χ4n) is 3.00. The van der Waals surface area contributed by atoms with Crippen LogP contribution in [-0.4, -0.2) is 4.98 Å². The minimum atomic E-state index is -0.119. The zero-order valence-electron chi connectivity index (χ0n) is 10.8. The van der Waals surface area contributed by atoms with E-state index < -0.39 is 0 Å². The molecule has 2 N–H and O–H groups in total. The van der Waals surface area contributed by atoms with E-state index in [-0.39, 0.29) is 5.54 Å². The van der Waals surface area contributed by atoms with E-state index in [1.54, 1.807) is 0 Å². The van der Waals surface area contributed by atoms with E-state index in [0.29, 0.717) is 11.3 Å². The quantitative estimate of drug-likeness (QED) is 0.867. The molecule has 0 saturated heterocycles. The molecule has 1 aromatic heterocycles. The summed E-state index contributed by atoms with van der Waals surface area (Å²) < 4.78 is 0. The Kier molecular flexibility index (Phi) is 2.60. The van der Waals surface area contributed by atoms with Crippen molar-refractivity contribution in [2.75, 3.05) is 0 Å². The van der Waals surface area contributed by atoms with Gasteiger partial charge in [-0.2, -0.15) is 0 Å². The van der Waals surface area contributed by atoms with Crippen molar-refractivity contribution < 1.29 is 0 Å². The highest BCUT2D eigenvalue weighted by Crippen LogP contribution is 2.59. The van der Waals surface area contributed by atoms with Crippen LogP contribution in [0.2, 0.25) is 0 Å². The first kappa shape index (κ1) is 11.7. The number of aromatic nitrogens is 1.